The number of rotatable bonds is 6. The quantitative estimate of drug-likeness (QED) is 0.635. The molecule has 2 rings (SSSR count). The number of esters is 1. The van der Waals surface area contributed by atoms with Crippen molar-refractivity contribution in [1.29, 1.82) is 0 Å². The van der Waals surface area contributed by atoms with Crippen LogP contribution in [0.1, 0.15) is 6.92 Å². The summed E-state index contributed by atoms with van der Waals surface area (Å²) in [5, 5.41) is 0. The molecule has 1 aromatic carbocycles. The lowest BCUT2D eigenvalue weighted by Gasteiger charge is -2.16. The van der Waals surface area contributed by atoms with E-state index in [9.17, 15) is 9.59 Å². The predicted octanol–water partition coefficient (Wildman–Crippen LogP) is 2.15. The summed E-state index contributed by atoms with van der Waals surface area (Å²) < 4.78 is 17.5. The number of hydrogen-bond donors (Lipinski definition) is 1. The maximum absolute atomic E-state index is 11.9. The number of carbonyl (C=O) groups is 1. The molecule has 0 amide bonds. The van der Waals surface area contributed by atoms with Gasteiger partial charge < -0.3 is 18.8 Å². The summed E-state index contributed by atoms with van der Waals surface area (Å²) in [5.74, 6) is 0.788. The van der Waals surface area contributed by atoms with Gasteiger partial charge in [-0.05, 0) is 24.4 Å². The van der Waals surface area contributed by atoms with Gasteiger partial charge in [0.15, 0.2) is 4.77 Å². The van der Waals surface area contributed by atoms with Crippen LogP contribution in [0.15, 0.2) is 29.1 Å². The van der Waals surface area contributed by atoms with E-state index in [0.717, 1.165) is 0 Å². The van der Waals surface area contributed by atoms with E-state index in [4.69, 9.17) is 26.4 Å². The molecule has 7 nitrogen and oxygen atoms in total. The van der Waals surface area contributed by atoms with Gasteiger partial charge in [-0.15, -0.1) is 0 Å². The van der Waals surface area contributed by atoms with E-state index < -0.39 is 0 Å². The summed E-state index contributed by atoms with van der Waals surface area (Å²) in [5.41, 5.74) is 0.922. The van der Waals surface area contributed by atoms with Crippen LogP contribution in [0.25, 0.3) is 11.3 Å². The summed E-state index contributed by atoms with van der Waals surface area (Å²) in [4.78, 5) is 25.4. The number of H-pyrrole nitrogens is 1. The van der Waals surface area contributed by atoms with Crippen molar-refractivity contribution in [2.24, 2.45) is 0 Å². The van der Waals surface area contributed by atoms with Crippen LogP contribution in [0.4, 0.5) is 0 Å². The zero-order chi connectivity index (χ0) is 17.7. The Bertz CT molecular complexity index is 856. The topological polar surface area (TPSA) is 82.5 Å². The third-order valence-electron chi connectivity index (χ3n) is 3.34. The molecule has 0 fully saturated rings. The van der Waals surface area contributed by atoms with Gasteiger partial charge in [-0.2, -0.15) is 0 Å². The highest BCUT2D eigenvalue weighted by Crippen LogP contribution is 2.32. The normalized spacial score (nSPS) is 10.3. The number of ether oxygens (including phenoxy) is 3. The summed E-state index contributed by atoms with van der Waals surface area (Å²) in [6.45, 7) is 1.78. The number of nitrogens with zero attached hydrogens (tertiary/aromatic N) is 1. The van der Waals surface area contributed by atoms with E-state index in [1.807, 2.05) is 0 Å². The lowest BCUT2D eigenvalue weighted by atomic mass is 10.1. The zero-order valence-corrected chi connectivity index (χ0v) is 14.4. The molecule has 128 valence electrons. The molecule has 0 spiro atoms. The first kappa shape index (κ1) is 17.7. The largest absolute Gasteiger partial charge is 0.497 e. The van der Waals surface area contributed by atoms with Crippen LogP contribution in [0.2, 0.25) is 0 Å². The Morgan fingerprint density at radius 3 is 2.62 bits per heavy atom. The Labute approximate surface area is 143 Å². The van der Waals surface area contributed by atoms with E-state index in [-0.39, 0.29) is 22.9 Å². The number of methoxy groups -OCH3 is 2. The molecule has 0 bridgehead atoms. The molecule has 1 aromatic heterocycles. The van der Waals surface area contributed by atoms with Gasteiger partial charge in [-0.25, -0.2) is 0 Å². The number of nitrogens with one attached hydrogen (secondary N) is 1. The van der Waals surface area contributed by atoms with Crippen LogP contribution in [0, 0.1) is 4.77 Å². The Morgan fingerprint density at radius 2 is 2.00 bits per heavy atom. The standard InChI is InChI=1S/C16H18N2O5S/c1-10(19)23-7-6-18-13(9-15(20)17-16(18)24)12-5-4-11(21-2)8-14(12)22-3/h4-5,8-9H,6-7H2,1-3H3,(H,17,20,24). The van der Waals surface area contributed by atoms with Gasteiger partial charge in [0.1, 0.15) is 18.1 Å². The van der Waals surface area contributed by atoms with Crippen molar-refractivity contribution >= 4 is 18.2 Å². The first-order chi connectivity index (χ1) is 11.5. The van der Waals surface area contributed by atoms with Crippen molar-refractivity contribution in [3.63, 3.8) is 0 Å². The molecule has 1 N–H and O–H groups in total. The van der Waals surface area contributed by atoms with E-state index >= 15 is 0 Å². The first-order valence-corrected chi connectivity index (χ1v) is 7.57. The highest BCUT2D eigenvalue weighted by atomic mass is 32.1. The number of aromatic amines is 1. The van der Waals surface area contributed by atoms with E-state index in [0.29, 0.717) is 29.3 Å². The van der Waals surface area contributed by atoms with Gasteiger partial charge in [-0.1, -0.05) is 0 Å². The molecule has 0 aliphatic carbocycles. The minimum Gasteiger partial charge on any atom is -0.497 e. The van der Waals surface area contributed by atoms with E-state index in [1.54, 1.807) is 29.9 Å². The van der Waals surface area contributed by atoms with E-state index in [1.165, 1.54) is 20.1 Å². The molecule has 24 heavy (non-hydrogen) atoms. The highest BCUT2D eigenvalue weighted by Gasteiger charge is 2.13. The summed E-state index contributed by atoms with van der Waals surface area (Å²) >= 11 is 5.24. The molecule has 1 heterocycles. The third kappa shape index (κ3) is 4.02. The molecule has 0 saturated heterocycles. The Morgan fingerprint density at radius 1 is 1.25 bits per heavy atom. The molecule has 0 unspecified atom stereocenters. The lowest BCUT2D eigenvalue weighted by Crippen LogP contribution is -2.18. The van der Waals surface area contributed by atoms with Gasteiger partial charge in [-0.3, -0.25) is 14.6 Å². The first-order valence-electron chi connectivity index (χ1n) is 7.16. The average molecular weight is 350 g/mol. The van der Waals surface area contributed by atoms with Crippen LogP contribution in [-0.2, 0) is 16.1 Å². The fraction of sp³-hybridized carbons (Fsp3) is 0.312. The van der Waals surface area contributed by atoms with E-state index in [2.05, 4.69) is 4.98 Å². The second kappa shape index (κ2) is 7.78. The van der Waals surface area contributed by atoms with Crippen molar-refractivity contribution in [3.05, 3.63) is 39.4 Å². The SMILES string of the molecule is COc1ccc(-c2cc(=O)[nH]c(=S)n2CCOC(C)=O)c(OC)c1. The molecule has 0 atom stereocenters. The molecule has 0 aliphatic heterocycles. The van der Waals surface area contributed by atoms with Crippen LogP contribution < -0.4 is 15.0 Å². The molecule has 2 aromatic rings. The monoisotopic (exact) mass is 350 g/mol. The number of benzene rings is 1. The summed E-state index contributed by atoms with van der Waals surface area (Å²) in [7, 11) is 3.09. The van der Waals surface area contributed by atoms with Gasteiger partial charge >= 0.3 is 5.97 Å². The highest BCUT2D eigenvalue weighted by molar-refractivity contribution is 7.71. The maximum atomic E-state index is 11.9. The third-order valence-corrected chi connectivity index (χ3v) is 3.66. The number of hydrogen-bond acceptors (Lipinski definition) is 6. The molecular formula is C16H18N2O5S. The number of aromatic nitrogens is 2. The molecule has 0 saturated carbocycles. The minimum absolute atomic E-state index is 0.140. The molecule has 8 heteroatoms. The van der Waals surface area contributed by atoms with Gasteiger partial charge in [0.05, 0.1) is 26.5 Å². The lowest BCUT2D eigenvalue weighted by molar-refractivity contribution is -0.141. The van der Waals surface area contributed by atoms with Crippen molar-refractivity contribution in [2.45, 2.75) is 13.5 Å². The molecule has 0 aliphatic rings. The van der Waals surface area contributed by atoms with Crippen molar-refractivity contribution in [3.8, 4) is 22.8 Å². The van der Waals surface area contributed by atoms with Gasteiger partial charge in [0.2, 0.25) is 0 Å². The van der Waals surface area contributed by atoms with Crippen molar-refractivity contribution in [1.82, 2.24) is 9.55 Å². The minimum atomic E-state index is -0.380. The molecule has 0 radical (unpaired) electrons. The second-order valence-corrected chi connectivity index (χ2v) is 5.27. The summed E-state index contributed by atoms with van der Waals surface area (Å²) in [6, 6.07) is 6.69. The van der Waals surface area contributed by atoms with Gasteiger partial charge in [0, 0.05) is 24.6 Å². The predicted molar refractivity (Wildman–Crippen MR) is 91.1 cm³/mol. The van der Waals surface area contributed by atoms with Crippen LogP contribution in [0.5, 0.6) is 11.5 Å². The maximum Gasteiger partial charge on any atom is 0.302 e. The second-order valence-electron chi connectivity index (χ2n) is 4.88. The smallest absolute Gasteiger partial charge is 0.302 e. The Hall–Kier alpha value is -2.61. The fourth-order valence-electron chi connectivity index (χ4n) is 2.26. The number of carbonyl (C=O) groups excluding carboxylic acids is 1. The van der Waals surface area contributed by atoms with Crippen molar-refractivity contribution < 1.29 is 19.0 Å². The fourth-order valence-corrected chi connectivity index (χ4v) is 2.55. The summed E-state index contributed by atoms with van der Waals surface area (Å²) in [6.07, 6.45) is 0. The Kier molecular flexibility index (Phi) is 5.75. The van der Waals surface area contributed by atoms with Gasteiger partial charge in [0.25, 0.3) is 5.56 Å². The van der Waals surface area contributed by atoms with Crippen LogP contribution >= 0.6 is 12.2 Å². The molecular weight excluding hydrogens is 332 g/mol. The van der Waals surface area contributed by atoms with Crippen LogP contribution in [0.3, 0.4) is 0 Å². The zero-order valence-electron chi connectivity index (χ0n) is 13.6. The van der Waals surface area contributed by atoms with Crippen molar-refractivity contribution in [2.75, 3.05) is 20.8 Å². The average Bonchev–Trinajstić information content (AvgIpc) is 2.55. The Balaban J connectivity index is 2.54. The van der Waals surface area contributed by atoms with Crippen LogP contribution in [-0.4, -0.2) is 36.3 Å².